The van der Waals surface area contributed by atoms with Gasteiger partial charge in [-0.3, -0.25) is 10.1 Å². The normalized spacial score (nSPS) is 14.7. The summed E-state index contributed by atoms with van der Waals surface area (Å²) < 4.78 is 0. The Morgan fingerprint density at radius 3 is 1.76 bits per heavy atom. The molecule has 2 heterocycles. The standard InChI is InChI=1S/C9H15N.C8H14N2.CH4/c1-7-8(5-6-10-7)9(2,3)4;1-6-7(5-9-10-6)8(2,3)4;/h5H,6H2,1-4H3;5H,1-4H3,(H,9,10);1H4. The summed E-state index contributed by atoms with van der Waals surface area (Å²) in [5.41, 5.74) is 5.60. The molecule has 1 aromatic rings. The van der Waals surface area contributed by atoms with E-state index in [0.29, 0.717) is 0 Å². The molecule has 2 rings (SSSR count). The fraction of sp³-hybridized carbons (Fsp3) is 0.667. The van der Waals surface area contributed by atoms with Crippen molar-refractivity contribution in [2.24, 2.45) is 10.4 Å². The van der Waals surface area contributed by atoms with Gasteiger partial charge in [-0.2, -0.15) is 5.10 Å². The van der Waals surface area contributed by atoms with Crippen molar-refractivity contribution in [2.45, 2.75) is 68.2 Å². The molecule has 0 saturated carbocycles. The lowest BCUT2D eigenvalue weighted by atomic mass is 9.84. The van der Waals surface area contributed by atoms with Crippen LogP contribution in [0.25, 0.3) is 0 Å². The zero-order valence-corrected chi connectivity index (χ0v) is 14.3. The summed E-state index contributed by atoms with van der Waals surface area (Å²) in [5.74, 6) is 0. The maximum atomic E-state index is 4.31. The van der Waals surface area contributed by atoms with E-state index in [1.54, 1.807) is 0 Å². The van der Waals surface area contributed by atoms with E-state index in [4.69, 9.17) is 0 Å². The summed E-state index contributed by atoms with van der Waals surface area (Å²) in [5, 5.41) is 6.89. The minimum atomic E-state index is 0. The van der Waals surface area contributed by atoms with Crippen LogP contribution in [0.1, 0.15) is 67.2 Å². The Morgan fingerprint density at radius 1 is 1.00 bits per heavy atom. The van der Waals surface area contributed by atoms with Gasteiger partial charge in [0, 0.05) is 11.4 Å². The molecular formula is C18H33N3. The van der Waals surface area contributed by atoms with Crippen LogP contribution in [0.15, 0.2) is 22.8 Å². The van der Waals surface area contributed by atoms with E-state index in [1.807, 2.05) is 13.1 Å². The lowest BCUT2D eigenvalue weighted by molar-refractivity contribution is 0.525. The first kappa shape index (κ1) is 19.6. The number of hydrogen-bond donors (Lipinski definition) is 1. The number of aryl methyl sites for hydroxylation is 1. The van der Waals surface area contributed by atoms with E-state index in [1.165, 1.54) is 22.5 Å². The summed E-state index contributed by atoms with van der Waals surface area (Å²) in [6.07, 6.45) is 4.12. The molecule has 0 aromatic carbocycles. The molecule has 0 amide bonds. The summed E-state index contributed by atoms with van der Waals surface area (Å²) >= 11 is 0. The van der Waals surface area contributed by atoms with E-state index in [-0.39, 0.29) is 18.3 Å². The lowest BCUT2D eigenvalue weighted by Gasteiger charge is -2.20. The maximum absolute atomic E-state index is 4.31. The van der Waals surface area contributed by atoms with Crippen molar-refractivity contribution in [1.29, 1.82) is 0 Å². The van der Waals surface area contributed by atoms with Crippen LogP contribution in [0.3, 0.4) is 0 Å². The lowest BCUT2D eigenvalue weighted by Crippen LogP contribution is -2.13. The van der Waals surface area contributed by atoms with E-state index < -0.39 is 0 Å². The van der Waals surface area contributed by atoms with Crippen LogP contribution in [-0.4, -0.2) is 22.5 Å². The van der Waals surface area contributed by atoms with Gasteiger partial charge >= 0.3 is 0 Å². The highest BCUT2D eigenvalue weighted by molar-refractivity contribution is 6.00. The molecule has 0 unspecified atom stereocenters. The quantitative estimate of drug-likeness (QED) is 0.711. The van der Waals surface area contributed by atoms with Crippen molar-refractivity contribution >= 4 is 5.71 Å². The van der Waals surface area contributed by atoms with Gasteiger partial charge in [-0.15, -0.1) is 0 Å². The van der Waals surface area contributed by atoms with Gasteiger partial charge in [0.2, 0.25) is 0 Å². The number of aliphatic imine (C=N–C) groups is 1. The predicted molar refractivity (Wildman–Crippen MR) is 94.3 cm³/mol. The predicted octanol–water partition coefficient (Wildman–Crippen LogP) is 5.09. The number of aromatic amines is 1. The molecule has 1 aromatic heterocycles. The smallest absolute Gasteiger partial charge is 0.0580 e. The van der Waals surface area contributed by atoms with Crippen molar-refractivity contribution in [2.75, 3.05) is 6.54 Å². The van der Waals surface area contributed by atoms with Crippen molar-refractivity contribution in [1.82, 2.24) is 10.2 Å². The molecule has 120 valence electrons. The molecule has 0 bridgehead atoms. The van der Waals surface area contributed by atoms with Gasteiger partial charge in [-0.25, -0.2) is 0 Å². The van der Waals surface area contributed by atoms with Crippen LogP contribution in [0.4, 0.5) is 0 Å². The van der Waals surface area contributed by atoms with E-state index >= 15 is 0 Å². The molecule has 3 nitrogen and oxygen atoms in total. The highest BCUT2D eigenvalue weighted by Gasteiger charge is 2.21. The average molecular weight is 291 g/mol. The Kier molecular flexibility index (Phi) is 6.59. The monoisotopic (exact) mass is 291 g/mol. The molecule has 1 N–H and O–H groups in total. The number of H-pyrrole nitrogens is 1. The topological polar surface area (TPSA) is 41.0 Å². The van der Waals surface area contributed by atoms with Crippen LogP contribution in [-0.2, 0) is 5.41 Å². The molecule has 3 heteroatoms. The van der Waals surface area contributed by atoms with E-state index in [2.05, 4.69) is 69.7 Å². The van der Waals surface area contributed by atoms with Crippen LogP contribution in [0.5, 0.6) is 0 Å². The van der Waals surface area contributed by atoms with E-state index in [9.17, 15) is 0 Å². The van der Waals surface area contributed by atoms with Crippen LogP contribution in [0, 0.1) is 12.3 Å². The maximum Gasteiger partial charge on any atom is 0.0580 e. The van der Waals surface area contributed by atoms with Gasteiger partial charge in [-0.1, -0.05) is 55.0 Å². The highest BCUT2D eigenvalue weighted by atomic mass is 15.1. The molecule has 0 fully saturated rings. The van der Waals surface area contributed by atoms with Crippen LogP contribution in [0.2, 0.25) is 0 Å². The third-order valence-electron chi connectivity index (χ3n) is 3.46. The zero-order valence-electron chi connectivity index (χ0n) is 14.3. The van der Waals surface area contributed by atoms with Gasteiger partial charge in [0.05, 0.1) is 12.7 Å². The van der Waals surface area contributed by atoms with Gasteiger partial charge in [-0.05, 0) is 35.8 Å². The molecule has 0 saturated heterocycles. The van der Waals surface area contributed by atoms with Gasteiger partial charge in [0.15, 0.2) is 0 Å². The van der Waals surface area contributed by atoms with Crippen molar-refractivity contribution in [3.8, 4) is 0 Å². The summed E-state index contributed by atoms with van der Waals surface area (Å²) in [4.78, 5) is 4.31. The van der Waals surface area contributed by atoms with Crippen LogP contribution < -0.4 is 0 Å². The number of allylic oxidation sites excluding steroid dienone is 1. The Labute approximate surface area is 131 Å². The largest absolute Gasteiger partial charge is 0.286 e. The van der Waals surface area contributed by atoms with Gasteiger partial charge in [0.1, 0.15) is 0 Å². The molecule has 0 atom stereocenters. The molecule has 0 spiro atoms. The average Bonchev–Trinajstić information content (AvgIpc) is 2.85. The second kappa shape index (κ2) is 7.06. The molecule has 1 aliphatic heterocycles. The third kappa shape index (κ3) is 5.49. The number of nitrogens with one attached hydrogen (secondary N) is 1. The first-order chi connectivity index (χ1) is 9.03. The molecular weight excluding hydrogens is 258 g/mol. The fourth-order valence-corrected chi connectivity index (χ4v) is 2.46. The van der Waals surface area contributed by atoms with Gasteiger partial charge in [0.25, 0.3) is 0 Å². The summed E-state index contributed by atoms with van der Waals surface area (Å²) in [6.45, 7) is 18.3. The Bertz CT molecular complexity index is 505. The molecule has 0 aliphatic carbocycles. The Morgan fingerprint density at radius 2 is 1.57 bits per heavy atom. The minimum Gasteiger partial charge on any atom is -0.286 e. The number of rotatable bonds is 0. The number of nitrogens with zero attached hydrogens (tertiary/aromatic N) is 2. The number of hydrogen-bond acceptors (Lipinski definition) is 2. The van der Waals surface area contributed by atoms with Crippen molar-refractivity contribution < 1.29 is 0 Å². The third-order valence-corrected chi connectivity index (χ3v) is 3.46. The first-order valence-corrected chi connectivity index (χ1v) is 7.26. The Hall–Kier alpha value is -1.38. The van der Waals surface area contributed by atoms with Crippen molar-refractivity contribution in [3.63, 3.8) is 0 Å². The number of aromatic nitrogens is 2. The zero-order chi connectivity index (χ0) is 15.6. The van der Waals surface area contributed by atoms with Crippen LogP contribution >= 0.6 is 0 Å². The first-order valence-electron chi connectivity index (χ1n) is 7.26. The highest BCUT2D eigenvalue weighted by Crippen LogP contribution is 2.28. The summed E-state index contributed by atoms with van der Waals surface area (Å²) in [6, 6.07) is 0. The second-order valence-corrected chi connectivity index (χ2v) is 7.45. The molecule has 21 heavy (non-hydrogen) atoms. The Balaban J connectivity index is 0.000000364. The van der Waals surface area contributed by atoms with Gasteiger partial charge < -0.3 is 0 Å². The fourth-order valence-electron chi connectivity index (χ4n) is 2.46. The van der Waals surface area contributed by atoms with E-state index in [0.717, 1.165) is 6.54 Å². The summed E-state index contributed by atoms with van der Waals surface area (Å²) in [7, 11) is 0. The van der Waals surface area contributed by atoms with Crippen molar-refractivity contribution in [3.05, 3.63) is 29.1 Å². The minimum absolute atomic E-state index is 0. The molecule has 1 aliphatic rings. The second-order valence-electron chi connectivity index (χ2n) is 7.45. The molecule has 0 radical (unpaired) electrons. The SMILES string of the molecule is C.CC1=NCC=C1C(C)(C)C.Cc1[nH]ncc1C(C)(C)C.